The van der Waals surface area contributed by atoms with Crippen LogP contribution in [0.1, 0.15) is 37.0 Å². The molecule has 0 saturated heterocycles. The first-order chi connectivity index (χ1) is 10.1. The lowest BCUT2D eigenvalue weighted by atomic mass is 9.83. The van der Waals surface area contributed by atoms with Crippen LogP contribution in [0.5, 0.6) is 5.75 Å². The zero-order chi connectivity index (χ0) is 15.7. The van der Waals surface area contributed by atoms with E-state index in [1.54, 1.807) is 24.3 Å². The minimum Gasteiger partial charge on any atom is -0.481 e. The number of hydrogen-bond acceptors (Lipinski definition) is 3. The highest BCUT2D eigenvalue weighted by atomic mass is 16.5. The molecule has 21 heavy (non-hydrogen) atoms. The van der Waals surface area contributed by atoms with E-state index < -0.39 is 0 Å². The van der Waals surface area contributed by atoms with Crippen molar-refractivity contribution in [3.05, 3.63) is 29.8 Å². The fourth-order valence-corrected chi connectivity index (χ4v) is 1.98. The minimum atomic E-state index is -0.245. The number of amides is 1. The molecule has 0 spiro atoms. The van der Waals surface area contributed by atoms with Crippen molar-refractivity contribution in [1.82, 2.24) is 5.32 Å². The van der Waals surface area contributed by atoms with Crippen molar-refractivity contribution in [3.8, 4) is 18.1 Å². The van der Waals surface area contributed by atoms with E-state index in [4.69, 9.17) is 11.2 Å². The largest absolute Gasteiger partial charge is 0.481 e. The number of ether oxygens (including phenoxy) is 1. The third-order valence-corrected chi connectivity index (χ3v) is 3.90. The van der Waals surface area contributed by atoms with Crippen LogP contribution in [0.2, 0.25) is 0 Å². The van der Waals surface area contributed by atoms with Gasteiger partial charge in [-0.25, -0.2) is 0 Å². The Kier molecular flexibility index (Phi) is 6.77. The topological polar surface area (TPSA) is 58.6 Å². The van der Waals surface area contributed by atoms with Crippen LogP contribution in [0.25, 0.3) is 0 Å². The molecule has 0 unspecified atom stereocenters. The normalized spacial score (nSPS) is 10.8. The van der Waals surface area contributed by atoms with Gasteiger partial charge in [0.05, 0.1) is 6.61 Å². The van der Waals surface area contributed by atoms with E-state index in [0.717, 1.165) is 12.8 Å². The van der Waals surface area contributed by atoms with Crippen molar-refractivity contribution in [2.75, 3.05) is 19.8 Å². The van der Waals surface area contributed by atoms with Gasteiger partial charge in [0.1, 0.15) is 12.4 Å². The first-order valence-electron chi connectivity index (χ1n) is 7.16. The molecule has 0 aromatic heterocycles. The summed E-state index contributed by atoms with van der Waals surface area (Å²) in [6, 6.07) is 6.82. The molecule has 2 N–H and O–H groups in total. The van der Waals surface area contributed by atoms with E-state index in [1.807, 2.05) is 13.8 Å². The molecule has 4 heteroatoms. The average molecular weight is 289 g/mol. The van der Waals surface area contributed by atoms with Crippen molar-refractivity contribution < 1.29 is 14.6 Å². The summed E-state index contributed by atoms with van der Waals surface area (Å²) in [6.07, 6.45) is 6.75. The van der Waals surface area contributed by atoms with Crippen molar-refractivity contribution in [3.63, 3.8) is 0 Å². The van der Waals surface area contributed by atoms with Crippen LogP contribution in [0.15, 0.2) is 24.3 Å². The summed E-state index contributed by atoms with van der Waals surface area (Å²) in [6.45, 7) is 4.77. The predicted molar refractivity (Wildman–Crippen MR) is 83.2 cm³/mol. The molecule has 1 aromatic rings. The molecule has 4 nitrogen and oxygen atoms in total. The standard InChI is InChI=1S/C17H23NO3/c1-4-11-21-15-9-7-14(8-10-15)16(20)18-12-17(5-2,6-3)13-19/h1,7-10,19H,5-6,11-13H2,2-3H3,(H,18,20). The molecule has 0 aliphatic rings. The fourth-order valence-electron chi connectivity index (χ4n) is 1.98. The minimum absolute atomic E-state index is 0.0686. The predicted octanol–water partition coefficient (Wildman–Crippen LogP) is 2.23. The number of rotatable bonds is 8. The molecular formula is C17H23NO3. The van der Waals surface area contributed by atoms with Gasteiger partial charge in [-0.05, 0) is 37.1 Å². The molecule has 0 heterocycles. The number of carbonyl (C=O) groups is 1. The maximum Gasteiger partial charge on any atom is 0.251 e. The Bertz CT molecular complexity index is 475. The lowest BCUT2D eigenvalue weighted by Gasteiger charge is -2.29. The number of carbonyl (C=O) groups excluding carboxylic acids is 1. The van der Waals surface area contributed by atoms with Gasteiger partial charge in [-0.2, -0.15) is 0 Å². The van der Waals surface area contributed by atoms with Crippen molar-refractivity contribution in [2.24, 2.45) is 5.41 Å². The summed E-state index contributed by atoms with van der Waals surface area (Å²) in [5.74, 6) is 2.87. The number of aliphatic hydroxyl groups is 1. The van der Waals surface area contributed by atoms with Crippen LogP contribution in [0, 0.1) is 17.8 Å². The summed E-state index contributed by atoms with van der Waals surface area (Å²) in [4.78, 5) is 12.1. The first-order valence-corrected chi connectivity index (χ1v) is 7.16. The Morgan fingerprint density at radius 3 is 2.43 bits per heavy atom. The van der Waals surface area contributed by atoms with Crippen molar-refractivity contribution >= 4 is 5.91 Å². The van der Waals surface area contributed by atoms with E-state index in [2.05, 4.69) is 11.2 Å². The maximum absolute atomic E-state index is 12.1. The van der Waals surface area contributed by atoms with Crippen LogP contribution >= 0.6 is 0 Å². The van der Waals surface area contributed by atoms with Crippen LogP contribution in [0.4, 0.5) is 0 Å². The first kappa shape index (κ1) is 17.1. The number of benzene rings is 1. The lowest BCUT2D eigenvalue weighted by molar-refractivity contribution is 0.0851. The Hall–Kier alpha value is -1.99. The molecule has 0 aliphatic heterocycles. The maximum atomic E-state index is 12.1. The van der Waals surface area contributed by atoms with Gasteiger partial charge >= 0.3 is 0 Å². The summed E-state index contributed by atoms with van der Waals surface area (Å²) in [5.41, 5.74) is 0.313. The Morgan fingerprint density at radius 2 is 1.95 bits per heavy atom. The molecule has 0 saturated carbocycles. The number of terminal acetylenes is 1. The molecule has 0 bridgehead atoms. The van der Waals surface area contributed by atoms with Crippen LogP contribution in [-0.4, -0.2) is 30.8 Å². The van der Waals surface area contributed by atoms with Crippen LogP contribution in [-0.2, 0) is 0 Å². The lowest BCUT2D eigenvalue weighted by Crippen LogP contribution is -2.39. The average Bonchev–Trinajstić information content (AvgIpc) is 2.55. The molecule has 0 radical (unpaired) electrons. The third kappa shape index (κ3) is 4.80. The monoisotopic (exact) mass is 289 g/mol. The second-order valence-corrected chi connectivity index (χ2v) is 5.07. The van der Waals surface area contributed by atoms with Crippen molar-refractivity contribution in [1.29, 1.82) is 0 Å². The Morgan fingerprint density at radius 1 is 1.33 bits per heavy atom. The van der Waals surface area contributed by atoms with Crippen molar-refractivity contribution in [2.45, 2.75) is 26.7 Å². The fraction of sp³-hybridized carbons (Fsp3) is 0.471. The van der Waals surface area contributed by atoms with Gasteiger partial charge in [-0.15, -0.1) is 6.42 Å². The molecule has 0 aliphatic carbocycles. The number of hydrogen-bond donors (Lipinski definition) is 2. The second-order valence-electron chi connectivity index (χ2n) is 5.07. The van der Waals surface area contributed by atoms with E-state index in [-0.39, 0.29) is 24.5 Å². The quantitative estimate of drug-likeness (QED) is 0.722. The molecule has 0 fully saturated rings. The third-order valence-electron chi connectivity index (χ3n) is 3.90. The van der Waals surface area contributed by atoms with Crippen LogP contribution < -0.4 is 10.1 Å². The number of nitrogens with one attached hydrogen (secondary N) is 1. The van der Waals surface area contributed by atoms with Gasteiger partial charge < -0.3 is 15.2 Å². The highest BCUT2D eigenvalue weighted by molar-refractivity contribution is 5.94. The Balaban J connectivity index is 2.61. The summed E-state index contributed by atoms with van der Waals surface area (Å²) in [7, 11) is 0. The zero-order valence-corrected chi connectivity index (χ0v) is 12.7. The van der Waals surface area contributed by atoms with Gasteiger partial charge in [0.15, 0.2) is 0 Å². The summed E-state index contributed by atoms with van der Waals surface area (Å²) >= 11 is 0. The highest BCUT2D eigenvalue weighted by Gasteiger charge is 2.25. The number of aliphatic hydroxyl groups excluding tert-OH is 1. The SMILES string of the molecule is C#CCOc1ccc(C(=O)NCC(CC)(CC)CO)cc1. The molecular weight excluding hydrogens is 266 g/mol. The van der Waals surface area contributed by atoms with E-state index in [9.17, 15) is 9.90 Å². The van der Waals surface area contributed by atoms with E-state index >= 15 is 0 Å². The highest BCUT2D eigenvalue weighted by Crippen LogP contribution is 2.24. The van der Waals surface area contributed by atoms with E-state index in [1.165, 1.54) is 0 Å². The summed E-state index contributed by atoms with van der Waals surface area (Å²) in [5, 5.41) is 12.4. The zero-order valence-electron chi connectivity index (χ0n) is 12.7. The van der Waals surface area contributed by atoms with E-state index in [0.29, 0.717) is 17.9 Å². The van der Waals surface area contributed by atoms with Gasteiger partial charge in [0.2, 0.25) is 0 Å². The molecule has 1 aromatic carbocycles. The van der Waals surface area contributed by atoms with Gasteiger partial charge in [0, 0.05) is 17.5 Å². The van der Waals surface area contributed by atoms with Gasteiger partial charge in [0.25, 0.3) is 5.91 Å². The summed E-state index contributed by atoms with van der Waals surface area (Å²) < 4.78 is 5.26. The Labute approximate surface area is 126 Å². The van der Waals surface area contributed by atoms with Crippen LogP contribution in [0.3, 0.4) is 0 Å². The smallest absolute Gasteiger partial charge is 0.251 e. The van der Waals surface area contributed by atoms with Gasteiger partial charge in [-0.3, -0.25) is 4.79 Å². The second kappa shape index (κ2) is 8.33. The molecule has 0 atom stereocenters. The molecule has 1 rings (SSSR count). The molecule has 1 amide bonds. The van der Waals surface area contributed by atoms with Gasteiger partial charge in [-0.1, -0.05) is 19.8 Å². The molecule has 114 valence electrons.